The molecule has 3 nitrogen and oxygen atoms in total. The number of aromatic nitrogens is 2. The molecular weight excluding hydrogens is 150 g/mol. The van der Waals surface area contributed by atoms with Crippen molar-refractivity contribution in [1.82, 2.24) is 10.2 Å². The largest absolute Gasteiger partial charge is 0.382 e. The molecule has 3 heteroatoms. The number of nitrogen functional groups attached to an aromatic ring is 1. The first kappa shape index (κ1) is 6.40. The molecule has 0 saturated heterocycles. The van der Waals surface area contributed by atoms with Crippen LogP contribution in [0.3, 0.4) is 0 Å². The second-order valence-corrected chi connectivity index (χ2v) is 3.82. The quantitative estimate of drug-likeness (QED) is 0.626. The van der Waals surface area contributed by atoms with Gasteiger partial charge in [0.2, 0.25) is 0 Å². The first-order valence-corrected chi connectivity index (χ1v) is 4.47. The monoisotopic (exact) mass is 161 g/mol. The van der Waals surface area contributed by atoms with Crippen LogP contribution >= 0.6 is 0 Å². The molecule has 1 aromatic rings. The topological polar surface area (TPSA) is 51.8 Å². The fraction of sp³-hybridized carbons (Fsp3) is 0.556. The third kappa shape index (κ3) is 0.661. The second-order valence-electron chi connectivity index (χ2n) is 3.82. The molecule has 2 aliphatic rings. The van der Waals surface area contributed by atoms with Gasteiger partial charge < -0.3 is 5.73 Å². The molecule has 2 N–H and O–H groups in total. The number of nitrogens with two attached hydrogens (primary N) is 1. The van der Waals surface area contributed by atoms with Gasteiger partial charge in [0.25, 0.3) is 0 Å². The zero-order valence-electron chi connectivity index (χ0n) is 6.83. The van der Waals surface area contributed by atoms with Crippen molar-refractivity contribution in [3.63, 3.8) is 0 Å². The van der Waals surface area contributed by atoms with Crippen molar-refractivity contribution in [3.8, 4) is 0 Å². The highest BCUT2D eigenvalue weighted by molar-refractivity contribution is 5.42. The predicted octanol–water partition coefficient (Wildman–Crippen LogP) is 1.42. The maximum atomic E-state index is 5.59. The maximum Gasteiger partial charge on any atom is 0.146 e. The van der Waals surface area contributed by atoms with Gasteiger partial charge >= 0.3 is 0 Å². The normalized spacial score (nSPS) is 30.7. The number of hydrogen-bond acceptors (Lipinski definition) is 3. The molecule has 0 radical (unpaired) electrons. The summed E-state index contributed by atoms with van der Waals surface area (Å²) < 4.78 is 0. The lowest BCUT2D eigenvalue weighted by molar-refractivity contribution is 0.682. The van der Waals surface area contributed by atoms with Crippen LogP contribution in [0.4, 0.5) is 5.82 Å². The van der Waals surface area contributed by atoms with E-state index >= 15 is 0 Å². The Kier molecular flexibility index (Phi) is 1.05. The van der Waals surface area contributed by atoms with Crippen LogP contribution in [0.5, 0.6) is 0 Å². The van der Waals surface area contributed by atoms with Gasteiger partial charge in [-0.3, -0.25) is 0 Å². The van der Waals surface area contributed by atoms with E-state index in [0.29, 0.717) is 11.7 Å². The van der Waals surface area contributed by atoms with Crippen LogP contribution in [0.25, 0.3) is 0 Å². The smallest absolute Gasteiger partial charge is 0.146 e. The number of hydrogen-bond donors (Lipinski definition) is 1. The summed E-state index contributed by atoms with van der Waals surface area (Å²) in [6.07, 6.45) is 3.91. The third-order valence-electron chi connectivity index (χ3n) is 3.13. The van der Waals surface area contributed by atoms with Gasteiger partial charge in [-0.1, -0.05) is 0 Å². The van der Waals surface area contributed by atoms with Crippen molar-refractivity contribution in [2.75, 3.05) is 5.73 Å². The van der Waals surface area contributed by atoms with Gasteiger partial charge in [0.05, 0.1) is 5.69 Å². The number of anilines is 1. The van der Waals surface area contributed by atoms with Gasteiger partial charge in [-0.2, -0.15) is 5.10 Å². The Bertz CT molecular complexity index is 335. The molecule has 0 amide bonds. The average Bonchev–Trinajstić information content (AvgIpc) is 2.63. The standard InChI is InChI=1S/C9H11N3/c10-8-4-7-5-1-2-6(3-5)9(7)12-11-8/h4-6H,1-3H2,(H2,10,11). The van der Waals surface area contributed by atoms with Crippen LogP contribution in [-0.4, -0.2) is 10.2 Å². The second kappa shape index (κ2) is 1.97. The van der Waals surface area contributed by atoms with E-state index in [9.17, 15) is 0 Å². The summed E-state index contributed by atoms with van der Waals surface area (Å²) in [6.45, 7) is 0. The zero-order chi connectivity index (χ0) is 8.13. The molecule has 2 unspecified atom stereocenters. The highest BCUT2D eigenvalue weighted by atomic mass is 15.1. The average molecular weight is 161 g/mol. The number of nitrogens with zero attached hydrogens (tertiary/aromatic N) is 2. The summed E-state index contributed by atoms with van der Waals surface area (Å²) in [4.78, 5) is 0. The van der Waals surface area contributed by atoms with Crippen LogP contribution in [0.2, 0.25) is 0 Å². The van der Waals surface area contributed by atoms with E-state index < -0.39 is 0 Å². The van der Waals surface area contributed by atoms with Crippen molar-refractivity contribution in [2.45, 2.75) is 31.1 Å². The molecule has 12 heavy (non-hydrogen) atoms. The molecule has 0 aliphatic heterocycles. The van der Waals surface area contributed by atoms with Crippen molar-refractivity contribution in [3.05, 3.63) is 17.3 Å². The minimum Gasteiger partial charge on any atom is -0.382 e. The lowest BCUT2D eigenvalue weighted by Gasteiger charge is -2.12. The van der Waals surface area contributed by atoms with Crippen LogP contribution < -0.4 is 5.73 Å². The summed E-state index contributed by atoms with van der Waals surface area (Å²) in [5.74, 6) is 2.00. The first-order chi connectivity index (χ1) is 5.84. The highest BCUT2D eigenvalue weighted by Crippen LogP contribution is 2.51. The molecule has 1 aromatic heterocycles. The fourth-order valence-electron chi connectivity index (χ4n) is 2.59. The highest BCUT2D eigenvalue weighted by Gasteiger charge is 2.38. The number of fused-ring (bicyclic) bond motifs is 5. The van der Waals surface area contributed by atoms with E-state index in [0.717, 1.165) is 5.92 Å². The van der Waals surface area contributed by atoms with E-state index in [-0.39, 0.29) is 0 Å². The predicted molar refractivity (Wildman–Crippen MR) is 45.8 cm³/mol. The Balaban J connectivity index is 2.20. The van der Waals surface area contributed by atoms with Crippen molar-refractivity contribution in [1.29, 1.82) is 0 Å². The molecule has 0 spiro atoms. The Morgan fingerprint density at radius 1 is 1.25 bits per heavy atom. The summed E-state index contributed by atoms with van der Waals surface area (Å²) in [5.41, 5.74) is 8.19. The van der Waals surface area contributed by atoms with Gasteiger partial charge in [-0.15, -0.1) is 5.10 Å². The van der Waals surface area contributed by atoms with Gasteiger partial charge in [0, 0.05) is 5.92 Å². The Labute approximate surface area is 71.0 Å². The first-order valence-electron chi connectivity index (χ1n) is 4.47. The molecule has 2 bridgehead atoms. The van der Waals surface area contributed by atoms with Gasteiger partial charge in [-0.05, 0) is 36.8 Å². The van der Waals surface area contributed by atoms with Crippen LogP contribution in [0, 0.1) is 0 Å². The van der Waals surface area contributed by atoms with Crippen LogP contribution in [0.15, 0.2) is 6.07 Å². The van der Waals surface area contributed by atoms with E-state index in [1.165, 1.54) is 30.5 Å². The maximum absolute atomic E-state index is 5.59. The minimum absolute atomic E-state index is 0.571. The van der Waals surface area contributed by atoms with E-state index in [1.807, 2.05) is 6.07 Å². The van der Waals surface area contributed by atoms with Gasteiger partial charge in [0.15, 0.2) is 0 Å². The van der Waals surface area contributed by atoms with E-state index in [4.69, 9.17) is 5.73 Å². The molecule has 3 rings (SSSR count). The lowest BCUT2D eigenvalue weighted by Crippen LogP contribution is -2.04. The van der Waals surface area contributed by atoms with Crippen molar-refractivity contribution >= 4 is 5.82 Å². The fourth-order valence-corrected chi connectivity index (χ4v) is 2.59. The van der Waals surface area contributed by atoms with Crippen LogP contribution in [0.1, 0.15) is 42.4 Å². The third-order valence-corrected chi connectivity index (χ3v) is 3.13. The Morgan fingerprint density at radius 3 is 3.00 bits per heavy atom. The summed E-state index contributed by atoms with van der Waals surface area (Å²) in [7, 11) is 0. The van der Waals surface area contributed by atoms with Gasteiger partial charge in [0.1, 0.15) is 5.82 Å². The molecular formula is C9H11N3. The minimum atomic E-state index is 0.571. The molecule has 1 fully saturated rings. The summed E-state index contributed by atoms with van der Waals surface area (Å²) in [6, 6.07) is 2.01. The molecule has 1 heterocycles. The molecule has 0 aromatic carbocycles. The Hall–Kier alpha value is -1.12. The number of rotatable bonds is 0. The van der Waals surface area contributed by atoms with E-state index in [2.05, 4.69) is 10.2 Å². The van der Waals surface area contributed by atoms with Gasteiger partial charge in [-0.25, -0.2) is 0 Å². The summed E-state index contributed by atoms with van der Waals surface area (Å²) >= 11 is 0. The van der Waals surface area contributed by atoms with Crippen LogP contribution in [-0.2, 0) is 0 Å². The SMILES string of the molecule is Nc1cc2c(nn1)C1CCC2C1. The molecule has 1 saturated carbocycles. The molecule has 2 atom stereocenters. The summed E-state index contributed by atoms with van der Waals surface area (Å²) in [5, 5.41) is 8.06. The van der Waals surface area contributed by atoms with Crippen molar-refractivity contribution in [2.24, 2.45) is 0 Å². The van der Waals surface area contributed by atoms with Crippen molar-refractivity contribution < 1.29 is 0 Å². The Morgan fingerprint density at radius 2 is 2.08 bits per heavy atom. The lowest BCUT2D eigenvalue weighted by atomic mass is 9.97. The molecule has 2 aliphatic carbocycles. The zero-order valence-corrected chi connectivity index (χ0v) is 6.83. The molecule has 62 valence electrons. The van der Waals surface area contributed by atoms with E-state index in [1.54, 1.807) is 0 Å².